The number of thioether (sulfide) groups is 2. The van der Waals surface area contributed by atoms with Gasteiger partial charge in [-0.3, -0.25) is 9.59 Å². The standard InChI is InChI=1S/C36H40N2O2S3/c1-5-25(3)27-7-11-29(12-8-27)37-35(39)23-41-31-15-19-33(20-16-31)43-34-21-17-32(18-22-34)42-24-36(40)38-30-13-9-28(10-14-30)26(4)6-2/h7-22,25-26H,5-6,23-24H2,1-4H3,(H,37,39)(H,38,40)/t25-,26-/m0/s1. The first-order valence-electron chi connectivity index (χ1n) is 14.8. The van der Waals surface area contributed by atoms with Crippen LogP contribution in [0.25, 0.3) is 0 Å². The summed E-state index contributed by atoms with van der Waals surface area (Å²) in [6.45, 7) is 8.78. The lowest BCUT2D eigenvalue weighted by molar-refractivity contribution is -0.114. The zero-order chi connectivity index (χ0) is 30.6. The molecule has 0 spiro atoms. The number of hydrogen-bond donors (Lipinski definition) is 2. The third-order valence-corrected chi connectivity index (χ3v) is 10.4. The van der Waals surface area contributed by atoms with Gasteiger partial charge in [-0.25, -0.2) is 0 Å². The van der Waals surface area contributed by atoms with Crippen LogP contribution < -0.4 is 10.6 Å². The van der Waals surface area contributed by atoms with Gasteiger partial charge in [0.1, 0.15) is 0 Å². The highest BCUT2D eigenvalue weighted by atomic mass is 32.2. The van der Waals surface area contributed by atoms with Crippen LogP contribution in [0, 0.1) is 0 Å². The Morgan fingerprint density at radius 1 is 0.535 bits per heavy atom. The van der Waals surface area contributed by atoms with Crippen LogP contribution in [0.2, 0.25) is 0 Å². The number of hydrogen-bond acceptors (Lipinski definition) is 5. The molecule has 0 saturated carbocycles. The van der Waals surface area contributed by atoms with E-state index >= 15 is 0 Å². The van der Waals surface area contributed by atoms with Gasteiger partial charge in [0.25, 0.3) is 0 Å². The van der Waals surface area contributed by atoms with Crippen LogP contribution in [-0.2, 0) is 9.59 Å². The van der Waals surface area contributed by atoms with Crippen molar-refractivity contribution < 1.29 is 9.59 Å². The van der Waals surface area contributed by atoms with Crippen molar-refractivity contribution in [1.82, 2.24) is 0 Å². The van der Waals surface area contributed by atoms with E-state index in [-0.39, 0.29) is 11.8 Å². The van der Waals surface area contributed by atoms with Crippen molar-refractivity contribution in [2.45, 2.75) is 72.0 Å². The summed E-state index contributed by atoms with van der Waals surface area (Å²) in [6.07, 6.45) is 2.20. The fourth-order valence-corrected chi connectivity index (χ4v) is 6.51. The molecule has 0 radical (unpaired) electrons. The Bertz CT molecular complexity index is 1340. The second-order valence-electron chi connectivity index (χ2n) is 10.6. The van der Waals surface area contributed by atoms with Gasteiger partial charge in [0.15, 0.2) is 0 Å². The third-order valence-electron chi connectivity index (χ3n) is 7.37. The van der Waals surface area contributed by atoms with Gasteiger partial charge in [0.05, 0.1) is 11.5 Å². The van der Waals surface area contributed by atoms with Gasteiger partial charge >= 0.3 is 0 Å². The van der Waals surface area contributed by atoms with Crippen LogP contribution in [0.1, 0.15) is 63.5 Å². The minimum Gasteiger partial charge on any atom is -0.325 e. The Labute approximate surface area is 269 Å². The predicted octanol–water partition coefficient (Wildman–Crippen LogP) is 10.3. The minimum atomic E-state index is -0.00841. The first-order chi connectivity index (χ1) is 20.8. The van der Waals surface area contributed by atoms with Crippen molar-refractivity contribution in [1.29, 1.82) is 0 Å². The van der Waals surface area contributed by atoms with Crippen molar-refractivity contribution >= 4 is 58.5 Å². The van der Waals surface area contributed by atoms with Crippen LogP contribution in [0.3, 0.4) is 0 Å². The topological polar surface area (TPSA) is 58.2 Å². The Kier molecular flexibility index (Phi) is 12.7. The third kappa shape index (κ3) is 10.5. The average molecular weight is 629 g/mol. The second kappa shape index (κ2) is 16.6. The summed E-state index contributed by atoms with van der Waals surface area (Å²) in [5, 5.41) is 5.98. The Morgan fingerprint density at radius 3 is 1.19 bits per heavy atom. The predicted molar refractivity (Wildman–Crippen MR) is 186 cm³/mol. The number of nitrogens with one attached hydrogen (secondary N) is 2. The lowest BCUT2D eigenvalue weighted by Gasteiger charge is -2.11. The minimum absolute atomic E-state index is 0.00841. The molecule has 0 heterocycles. The average Bonchev–Trinajstić information content (AvgIpc) is 3.04. The van der Waals surface area contributed by atoms with E-state index in [9.17, 15) is 9.59 Å². The molecule has 2 N–H and O–H groups in total. The van der Waals surface area contributed by atoms with E-state index in [0.717, 1.165) is 43.8 Å². The molecule has 4 rings (SSSR count). The first kappa shape index (κ1) is 32.8. The number of carbonyl (C=O) groups is 2. The maximum Gasteiger partial charge on any atom is 0.234 e. The maximum atomic E-state index is 12.4. The highest BCUT2D eigenvalue weighted by Crippen LogP contribution is 2.31. The Hall–Kier alpha value is -3.13. The van der Waals surface area contributed by atoms with Gasteiger partial charge < -0.3 is 10.6 Å². The first-order valence-corrected chi connectivity index (χ1v) is 17.5. The van der Waals surface area contributed by atoms with E-state index in [1.165, 1.54) is 34.7 Å². The van der Waals surface area contributed by atoms with Gasteiger partial charge in [0.2, 0.25) is 11.8 Å². The maximum absolute atomic E-state index is 12.4. The number of anilines is 2. The van der Waals surface area contributed by atoms with Crippen LogP contribution in [0.5, 0.6) is 0 Å². The van der Waals surface area contributed by atoms with Gasteiger partial charge in [-0.05, 0) is 109 Å². The van der Waals surface area contributed by atoms with Crippen molar-refractivity contribution in [3.8, 4) is 0 Å². The lowest BCUT2D eigenvalue weighted by atomic mass is 9.99. The van der Waals surface area contributed by atoms with Gasteiger partial charge in [-0.1, -0.05) is 63.7 Å². The van der Waals surface area contributed by atoms with E-state index in [1.807, 2.05) is 24.3 Å². The molecular weight excluding hydrogens is 589 g/mol. The molecule has 2 atom stereocenters. The highest BCUT2D eigenvalue weighted by Gasteiger charge is 2.08. The molecule has 0 fully saturated rings. The van der Waals surface area contributed by atoms with E-state index in [4.69, 9.17) is 0 Å². The highest BCUT2D eigenvalue weighted by molar-refractivity contribution is 8.00. The van der Waals surface area contributed by atoms with Crippen molar-refractivity contribution in [3.05, 3.63) is 108 Å². The Morgan fingerprint density at radius 2 is 0.860 bits per heavy atom. The van der Waals surface area contributed by atoms with Gasteiger partial charge in [-0.2, -0.15) is 0 Å². The largest absolute Gasteiger partial charge is 0.325 e. The van der Waals surface area contributed by atoms with Crippen molar-refractivity contribution in [2.24, 2.45) is 0 Å². The summed E-state index contributed by atoms with van der Waals surface area (Å²) >= 11 is 4.75. The van der Waals surface area contributed by atoms with Crippen LogP contribution in [0.4, 0.5) is 11.4 Å². The number of benzene rings is 4. The molecule has 4 aromatic rings. The number of carbonyl (C=O) groups excluding carboxylic acids is 2. The molecule has 0 aromatic heterocycles. The molecule has 0 aliphatic rings. The zero-order valence-corrected chi connectivity index (χ0v) is 27.7. The summed E-state index contributed by atoms with van der Waals surface area (Å²) in [6, 6.07) is 32.8. The number of amides is 2. The normalized spacial score (nSPS) is 12.4. The summed E-state index contributed by atoms with van der Waals surface area (Å²) < 4.78 is 0. The fraction of sp³-hybridized carbons (Fsp3) is 0.278. The quantitative estimate of drug-likeness (QED) is 0.136. The molecule has 4 nitrogen and oxygen atoms in total. The van der Waals surface area contributed by atoms with E-state index < -0.39 is 0 Å². The lowest BCUT2D eigenvalue weighted by Crippen LogP contribution is -2.13. The summed E-state index contributed by atoms with van der Waals surface area (Å²) in [4.78, 5) is 29.3. The molecule has 4 aromatic carbocycles. The molecule has 43 heavy (non-hydrogen) atoms. The molecule has 0 saturated heterocycles. The summed E-state index contributed by atoms with van der Waals surface area (Å²) in [5.41, 5.74) is 4.25. The molecule has 0 aliphatic heterocycles. The monoisotopic (exact) mass is 628 g/mol. The fourth-order valence-electron chi connectivity index (χ4n) is 4.30. The SMILES string of the molecule is CC[C@H](C)c1ccc(NC(=O)CSc2ccc(Sc3ccc(SCC(=O)Nc4ccc([C@@H](C)CC)cc4)cc3)cc2)cc1. The van der Waals surface area contributed by atoms with Crippen molar-refractivity contribution in [2.75, 3.05) is 22.1 Å². The van der Waals surface area contributed by atoms with Crippen molar-refractivity contribution in [3.63, 3.8) is 0 Å². The van der Waals surface area contributed by atoms with Gasteiger partial charge in [0, 0.05) is 31.0 Å². The summed E-state index contributed by atoms with van der Waals surface area (Å²) in [7, 11) is 0. The summed E-state index contributed by atoms with van der Waals surface area (Å²) in [5.74, 6) is 1.75. The molecule has 0 bridgehead atoms. The molecule has 2 amide bonds. The smallest absolute Gasteiger partial charge is 0.234 e. The van der Waals surface area contributed by atoms with Crippen LogP contribution in [-0.4, -0.2) is 23.3 Å². The van der Waals surface area contributed by atoms with Gasteiger partial charge in [-0.15, -0.1) is 23.5 Å². The number of rotatable bonds is 14. The molecule has 224 valence electrons. The van der Waals surface area contributed by atoms with Crippen LogP contribution in [0.15, 0.2) is 117 Å². The van der Waals surface area contributed by atoms with E-state index in [1.54, 1.807) is 11.8 Å². The van der Waals surface area contributed by atoms with E-state index in [2.05, 4.69) is 111 Å². The molecule has 0 unspecified atom stereocenters. The molecule has 0 aliphatic carbocycles. The van der Waals surface area contributed by atoms with Crippen LogP contribution >= 0.6 is 35.3 Å². The Balaban J connectivity index is 1.18. The second-order valence-corrected chi connectivity index (χ2v) is 13.8. The zero-order valence-electron chi connectivity index (χ0n) is 25.3. The molecule has 7 heteroatoms. The van der Waals surface area contributed by atoms with E-state index in [0.29, 0.717) is 23.3 Å². The molecular formula is C36H40N2O2S3.